The van der Waals surface area contributed by atoms with Gasteiger partial charge in [-0.1, -0.05) is 42.5 Å². The Morgan fingerprint density at radius 1 is 1.08 bits per heavy atom. The third-order valence-electron chi connectivity index (χ3n) is 4.14. The van der Waals surface area contributed by atoms with Crippen LogP contribution in [0.15, 0.2) is 60.7 Å². The van der Waals surface area contributed by atoms with Gasteiger partial charge in [0.25, 0.3) is 0 Å². The van der Waals surface area contributed by atoms with Gasteiger partial charge in [0.1, 0.15) is 0 Å². The zero-order chi connectivity index (χ0) is 17.5. The topological polar surface area (TPSA) is 53.6 Å². The van der Waals surface area contributed by atoms with Crippen molar-refractivity contribution in [3.63, 3.8) is 0 Å². The minimum absolute atomic E-state index is 0.226. The van der Waals surface area contributed by atoms with Crippen LogP contribution < -0.4 is 15.5 Å². The molecule has 1 aliphatic rings. The largest absolute Gasteiger partial charge is 0.380 e. The average Bonchev–Trinajstić information content (AvgIpc) is 3.17. The van der Waals surface area contributed by atoms with E-state index in [1.54, 1.807) is 7.11 Å². The van der Waals surface area contributed by atoms with Crippen molar-refractivity contribution < 1.29 is 9.53 Å². The summed E-state index contributed by atoms with van der Waals surface area (Å²) in [7, 11) is 1.64. The molecule has 2 N–H and O–H groups in total. The molecule has 1 aliphatic heterocycles. The third kappa shape index (κ3) is 4.61. The molecule has 0 saturated carbocycles. The minimum atomic E-state index is -0.226. The van der Waals surface area contributed by atoms with Gasteiger partial charge >= 0.3 is 6.03 Å². The molecule has 0 saturated heterocycles. The first kappa shape index (κ1) is 17.0. The van der Waals surface area contributed by atoms with Crippen LogP contribution in [0.3, 0.4) is 0 Å². The number of nitrogens with zero attached hydrogens (tertiary/aromatic N) is 1. The zero-order valence-electron chi connectivity index (χ0n) is 14.4. The van der Waals surface area contributed by atoms with Crippen LogP contribution in [0.2, 0.25) is 0 Å². The van der Waals surface area contributed by atoms with Gasteiger partial charge in [0.2, 0.25) is 0 Å². The molecule has 2 aromatic rings. The van der Waals surface area contributed by atoms with E-state index in [1.807, 2.05) is 36.4 Å². The second-order valence-corrected chi connectivity index (χ2v) is 5.94. The lowest BCUT2D eigenvalue weighted by Gasteiger charge is -2.18. The number of carbonyl (C=O) groups excluding carboxylic acids is 1. The smallest absolute Gasteiger partial charge is 0.319 e. The predicted octanol–water partition coefficient (Wildman–Crippen LogP) is 3.53. The number of rotatable bonds is 6. The van der Waals surface area contributed by atoms with E-state index >= 15 is 0 Å². The summed E-state index contributed by atoms with van der Waals surface area (Å²) >= 11 is 0. The summed E-state index contributed by atoms with van der Waals surface area (Å²) in [5.41, 5.74) is 3.98. The Morgan fingerprint density at radius 2 is 1.80 bits per heavy atom. The van der Waals surface area contributed by atoms with Crippen LogP contribution in [0.5, 0.6) is 0 Å². The van der Waals surface area contributed by atoms with Crippen molar-refractivity contribution in [1.82, 2.24) is 5.32 Å². The van der Waals surface area contributed by atoms with Gasteiger partial charge in [-0.05, 0) is 23.8 Å². The summed E-state index contributed by atoms with van der Waals surface area (Å²) < 4.78 is 5.15. The van der Waals surface area contributed by atoms with Gasteiger partial charge in [-0.15, -0.1) is 0 Å². The van der Waals surface area contributed by atoms with Gasteiger partial charge in [-0.2, -0.15) is 0 Å². The van der Waals surface area contributed by atoms with Crippen molar-refractivity contribution >= 4 is 17.4 Å². The van der Waals surface area contributed by atoms with Crippen LogP contribution in [0, 0.1) is 0 Å². The van der Waals surface area contributed by atoms with Crippen molar-refractivity contribution in [1.29, 1.82) is 0 Å². The van der Waals surface area contributed by atoms with E-state index in [-0.39, 0.29) is 6.03 Å². The van der Waals surface area contributed by atoms with Gasteiger partial charge in [0, 0.05) is 43.7 Å². The fourth-order valence-corrected chi connectivity index (χ4v) is 2.79. The molecule has 5 nitrogen and oxygen atoms in total. The second-order valence-electron chi connectivity index (χ2n) is 5.94. The highest BCUT2D eigenvalue weighted by Gasteiger charge is 2.08. The fraction of sp³-hybridized carbons (Fsp3) is 0.250. The fourth-order valence-electron chi connectivity index (χ4n) is 2.79. The van der Waals surface area contributed by atoms with Crippen molar-refractivity contribution in [2.75, 3.05) is 30.4 Å². The van der Waals surface area contributed by atoms with Gasteiger partial charge < -0.3 is 20.3 Å². The Morgan fingerprint density at radius 3 is 2.52 bits per heavy atom. The molecule has 0 aliphatic carbocycles. The second kappa shape index (κ2) is 8.35. The summed E-state index contributed by atoms with van der Waals surface area (Å²) in [6, 6.07) is 15.7. The van der Waals surface area contributed by atoms with Crippen LogP contribution in [0.1, 0.15) is 11.1 Å². The van der Waals surface area contributed by atoms with E-state index in [0.717, 1.165) is 29.9 Å². The number of hydrogen-bond acceptors (Lipinski definition) is 3. The molecule has 2 aromatic carbocycles. The molecule has 0 fully saturated rings. The van der Waals surface area contributed by atoms with Crippen LogP contribution in [-0.2, 0) is 17.9 Å². The van der Waals surface area contributed by atoms with Crippen molar-refractivity contribution in [3.8, 4) is 0 Å². The highest BCUT2D eigenvalue weighted by Crippen LogP contribution is 2.18. The molecule has 2 amide bonds. The predicted molar refractivity (Wildman–Crippen MR) is 101 cm³/mol. The summed E-state index contributed by atoms with van der Waals surface area (Å²) in [4.78, 5) is 14.4. The lowest BCUT2D eigenvalue weighted by Crippen LogP contribution is -2.28. The van der Waals surface area contributed by atoms with Gasteiger partial charge in [-0.25, -0.2) is 4.79 Å². The molecule has 5 heteroatoms. The van der Waals surface area contributed by atoms with Gasteiger partial charge in [0.05, 0.1) is 6.61 Å². The Balaban J connectivity index is 1.52. The maximum absolute atomic E-state index is 12.1. The highest BCUT2D eigenvalue weighted by atomic mass is 16.5. The zero-order valence-corrected chi connectivity index (χ0v) is 14.4. The molecule has 0 radical (unpaired) electrons. The molecule has 0 unspecified atom stereocenters. The minimum Gasteiger partial charge on any atom is -0.380 e. The number of anilines is 2. The Kier molecular flexibility index (Phi) is 5.69. The van der Waals surface area contributed by atoms with Crippen LogP contribution in [0.25, 0.3) is 0 Å². The van der Waals surface area contributed by atoms with Crippen LogP contribution in [-0.4, -0.2) is 26.2 Å². The van der Waals surface area contributed by atoms with E-state index < -0.39 is 0 Å². The monoisotopic (exact) mass is 337 g/mol. The SMILES string of the molecule is COCc1ccccc1NC(=O)NCc1ccc(N2CC=CC2)cc1. The first-order valence-corrected chi connectivity index (χ1v) is 8.37. The molecule has 1 heterocycles. The third-order valence-corrected chi connectivity index (χ3v) is 4.14. The molecule has 130 valence electrons. The molecule has 0 aromatic heterocycles. The van der Waals surface area contributed by atoms with Crippen molar-refractivity contribution in [2.24, 2.45) is 0 Å². The van der Waals surface area contributed by atoms with E-state index in [9.17, 15) is 4.79 Å². The molecule has 0 bridgehead atoms. The van der Waals surface area contributed by atoms with Gasteiger partial charge in [0.15, 0.2) is 0 Å². The average molecular weight is 337 g/mol. The quantitative estimate of drug-likeness (QED) is 0.793. The van der Waals surface area contributed by atoms with E-state index in [1.165, 1.54) is 5.69 Å². The molecular weight excluding hydrogens is 314 g/mol. The number of methoxy groups -OCH3 is 1. The lowest BCUT2D eigenvalue weighted by atomic mass is 10.2. The molecule has 25 heavy (non-hydrogen) atoms. The van der Waals surface area contributed by atoms with Gasteiger partial charge in [-0.3, -0.25) is 0 Å². The number of carbonyl (C=O) groups is 1. The van der Waals surface area contributed by atoms with E-state index in [0.29, 0.717) is 13.2 Å². The number of amides is 2. The summed E-state index contributed by atoms with van der Waals surface area (Å²) in [5.74, 6) is 0. The maximum atomic E-state index is 12.1. The molecule has 0 spiro atoms. The normalized spacial score (nSPS) is 13.1. The lowest BCUT2D eigenvalue weighted by molar-refractivity contribution is 0.185. The van der Waals surface area contributed by atoms with Crippen molar-refractivity contribution in [3.05, 3.63) is 71.8 Å². The number of para-hydroxylation sites is 1. The maximum Gasteiger partial charge on any atom is 0.319 e. The number of ether oxygens (including phenoxy) is 1. The summed E-state index contributed by atoms with van der Waals surface area (Å²) in [6.07, 6.45) is 4.34. The number of benzene rings is 2. The first-order valence-electron chi connectivity index (χ1n) is 8.37. The van der Waals surface area contributed by atoms with E-state index in [2.05, 4.69) is 39.8 Å². The highest BCUT2D eigenvalue weighted by molar-refractivity contribution is 5.90. The van der Waals surface area contributed by atoms with Crippen molar-refractivity contribution in [2.45, 2.75) is 13.2 Å². The standard InChI is InChI=1S/C20H23N3O2/c1-25-15-17-6-2-3-7-19(17)22-20(24)21-14-16-8-10-18(11-9-16)23-12-4-5-13-23/h2-11H,12-15H2,1H3,(H2,21,22,24). The van der Waals surface area contributed by atoms with E-state index in [4.69, 9.17) is 4.74 Å². The number of urea groups is 1. The Hall–Kier alpha value is -2.79. The number of hydrogen-bond donors (Lipinski definition) is 2. The molecular formula is C20H23N3O2. The van der Waals surface area contributed by atoms with Crippen LogP contribution >= 0.6 is 0 Å². The number of nitrogens with one attached hydrogen (secondary N) is 2. The summed E-state index contributed by atoms with van der Waals surface area (Å²) in [5, 5.41) is 5.76. The van der Waals surface area contributed by atoms with Crippen LogP contribution in [0.4, 0.5) is 16.2 Å². The Bertz CT molecular complexity index is 733. The molecule has 3 rings (SSSR count). The molecule has 0 atom stereocenters. The summed E-state index contributed by atoms with van der Waals surface area (Å²) in [6.45, 7) is 2.86. The Labute approximate surface area is 148 Å². The first-order chi connectivity index (χ1) is 12.3.